The number of methoxy groups -OCH3 is 1. The predicted octanol–water partition coefficient (Wildman–Crippen LogP) is 1.18. The van der Waals surface area contributed by atoms with Crippen LogP contribution in [0, 0.1) is 0 Å². The van der Waals surface area contributed by atoms with E-state index in [1.807, 2.05) is 12.3 Å². The van der Waals surface area contributed by atoms with Gasteiger partial charge in [-0.15, -0.1) is 0 Å². The summed E-state index contributed by atoms with van der Waals surface area (Å²) >= 11 is 0. The highest BCUT2D eigenvalue weighted by Crippen LogP contribution is 2.28. The second kappa shape index (κ2) is 3.84. The maximum absolute atomic E-state index is 5.77. The summed E-state index contributed by atoms with van der Waals surface area (Å²) in [6, 6.07) is 1.92. The molecular weight excluding hydrogens is 180 g/mol. The topological polar surface area (TPSA) is 57.4 Å². The van der Waals surface area contributed by atoms with Crippen molar-refractivity contribution in [2.45, 2.75) is 12.3 Å². The summed E-state index contributed by atoms with van der Waals surface area (Å²) in [5.74, 6) is 0.934. The van der Waals surface area contributed by atoms with Gasteiger partial charge in [0.25, 0.3) is 0 Å². The van der Waals surface area contributed by atoms with Crippen LogP contribution in [0.4, 0.5) is 5.69 Å². The lowest BCUT2D eigenvalue weighted by atomic mass is 10.0. The van der Waals surface area contributed by atoms with Crippen LogP contribution in [0.3, 0.4) is 0 Å². The van der Waals surface area contributed by atoms with Gasteiger partial charge in [-0.25, -0.2) is 4.98 Å². The number of nitrogens with zero attached hydrogens (tertiary/aromatic N) is 1. The van der Waals surface area contributed by atoms with Crippen molar-refractivity contribution in [3.63, 3.8) is 0 Å². The van der Waals surface area contributed by atoms with Crippen molar-refractivity contribution in [2.75, 3.05) is 26.1 Å². The molecular formula is C10H14N2O2. The Morgan fingerprint density at radius 2 is 2.50 bits per heavy atom. The number of hydrogen-bond donors (Lipinski definition) is 1. The maximum Gasteiger partial charge on any atom is 0.236 e. The summed E-state index contributed by atoms with van der Waals surface area (Å²) in [5.41, 5.74) is 7.51. The van der Waals surface area contributed by atoms with Crippen LogP contribution >= 0.6 is 0 Å². The third-order valence-electron chi connectivity index (χ3n) is 2.49. The van der Waals surface area contributed by atoms with Gasteiger partial charge in [-0.05, 0) is 18.1 Å². The maximum atomic E-state index is 5.77. The van der Waals surface area contributed by atoms with Crippen molar-refractivity contribution < 1.29 is 9.47 Å². The molecule has 1 unspecified atom stereocenters. The first-order valence-corrected chi connectivity index (χ1v) is 4.68. The first-order chi connectivity index (χ1) is 6.81. The number of anilines is 1. The van der Waals surface area contributed by atoms with E-state index in [0.29, 0.717) is 17.5 Å². The quantitative estimate of drug-likeness (QED) is 0.768. The van der Waals surface area contributed by atoms with Crippen LogP contribution in [0.2, 0.25) is 0 Å². The molecule has 0 saturated carbocycles. The molecule has 14 heavy (non-hydrogen) atoms. The highest BCUT2D eigenvalue weighted by molar-refractivity contribution is 5.50. The molecule has 4 heteroatoms. The van der Waals surface area contributed by atoms with Crippen molar-refractivity contribution in [3.05, 3.63) is 17.8 Å². The molecule has 1 aliphatic rings. The molecule has 1 atom stereocenters. The summed E-state index contributed by atoms with van der Waals surface area (Å²) < 4.78 is 10.3. The summed E-state index contributed by atoms with van der Waals surface area (Å²) in [6.07, 6.45) is 2.86. The van der Waals surface area contributed by atoms with Crippen LogP contribution in [-0.2, 0) is 4.74 Å². The fraction of sp³-hybridized carbons (Fsp3) is 0.500. The monoisotopic (exact) mass is 194 g/mol. The van der Waals surface area contributed by atoms with Gasteiger partial charge in [-0.1, -0.05) is 0 Å². The van der Waals surface area contributed by atoms with Crippen molar-refractivity contribution >= 4 is 5.69 Å². The summed E-state index contributed by atoms with van der Waals surface area (Å²) in [7, 11) is 1.57. The molecule has 0 aliphatic carbocycles. The summed E-state index contributed by atoms with van der Waals surface area (Å²) in [4.78, 5) is 4.14. The molecule has 1 saturated heterocycles. The first-order valence-electron chi connectivity index (χ1n) is 4.68. The summed E-state index contributed by atoms with van der Waals surface area (Å²) in [6.45, 7) is 1.60. The average Bonchev–Trinajstić information content (AvgIpc) is 2.70. The number of rotatable bonds is 2. The first kappa shape index (κ1) is 9.27. The lowest BCUT2D eigenvalue weighted by Crippen LogP contribution is -2.02. The molecule has 1 fully saturated rings. The molecule has 4 nitrogen and oxygen atoms in total. The standard InChI is InChI=1S/C10H14N2O2/c1-13-10-9(11)4-8(5-12-10)7-2-3-14-6-7/h4-5,7H,2-3,6,11H2,1H3. The molecule has 1 aromatic heterocycles. The zero-order valence-electron chi connectivity index (χ0n) is 8.19. The fourth-order valence-corrected chi connectivity index (χ4v) is 1.68. The van der Waals surface area contributed by atoms with Crippen LogP contribution in [0.25, 0.3) is 0 Å². The SMILES string of the molecule is COc1ncc(C2CCOC2)cc1N. The zero-order chi connectivity index (χ0) is 9.97. The minimum Gasteiger partial charge on any atom is -0.480 e. The van der Waals surface area contributed by atoms with Gasteiger partial charge in [0.1, 0.15) is 0 Å². The highest BCUT2D eigenvalue weighted by atomic mass is 16.5. The number of nitrogens with two attached hydrogens (primary N) is 1. The molecule has 2 rings (SSSR count). The van der Waals surface area contributed by atoms with Crippen LogP contribution in [0.5, 0.6) is 5.88 Å². The highest BCUT2D eigenvalue weighted by Gasteiger charge is 2.18. The number of aromatic nitrogens is 1. The van der Waals surface area contributed by atoms with E-state index in [-0.39, 0.29) is 0 Å². The van der Waals surface area contributed by atoms with Crippen molar-refractivity contribution in [3.8, 4) is 5.88 Å². The van der Waals surface area contributed by atoms with E-state index >= 15 is 0 Å². The Morgan fingerprint density at radius 1 is 1.64 bits per heavy atom. The van der Waals surface area contributed by atoms with Gasteiger partial charge < -0.3 is 15.2 Å². The third-order valence-corrected chi connectivity index (χ3v) is 2.49. The van der Waals surface area contributed by atoms with E-state index in [2.05, 4.69) is 4.98 Å². The Morgan fingerprint density at radius 3 is 3.07 bits per heavy atom. The van der Waals surface area contributed by atoms with Gasteiger partial charge in [-0.2, -0.15) is 0 Å². The predicted molar refractivity (Wildman–Crippen MR) is 53.4 cm³/mol. The van der Waals surface area contributed by atoms with E-state index in [9.17, 15) is 0 Å². The van der Waals surface area contributed by atoms with Crippen LogP contribution in [-0.4, -0.2) is 25.3 Å². The molecule has 0 spiro atoms. The smallest absolute Gasteiger partial charge is 0.236 e. The third kappa shape index (κ3) is 1.65. The lowest BCUT2D eigenvalue weighted by Gasteiger charge is -2.09. The largest absolute Gasteiger partial charge is 0.480 e. The van der Waals surface area contributed by atoms with Gasteiger partial charge in [0.05, 0.1) is 19.4 Å². The van der Waals surface area contributed by atoms with Gasteiger partial charge in [0.15, 0.2) is 0 Å². The Balaban J connectivity index is 2.23. The van der Waals surface area contributed by atoms with E-state index in [0.717, 1.165) is 25.2 Å². The Kier molecular flexibility index (Phi) is 2.54. The minimum absolute atomic E-state index is 0.440. The van der Waals surface area contributed by atoms with Crippen LogP contribution in [0.1, 0.15) is 17.9 Å². The second-order valence-corrected chi connectivity index (χ2v) is 3.43. The van der Waals surface area contributed by atoms with E-state index < -0.39 is 0 Å². The van der Waals surface area contributed by atoms with Gasteiger partial charge in [0, 0.05) is 18.7 Å². The molecule has 1 aromatic rings. The zero-order valence-corrected chi connectivity index (χ0v) is 8.19. The number of hydrogen-bond acceptors (Lipinski definition) is 4. The average molecular weight is 194 g/mol. The van der Waals surface area contributed by atoms with E-state index in [1.165, 1.54) is 0 Å². The number of ether oxygens (including phenoxy) is 2. The molecule has 2 heterocycles. The van der Waals surface area contributed by atoms with E-state index in [4.69, 9.17) is 15.2 Å². The van der Waals surface area contributed by atoms with Crippen LogP contribution in [0.15, 0.2) is 12.3 Å². The van der Waals surface area contributed by atoms with Crippen molar-refractivity contribution in [2.24, 2.45) is 0 Å². The van der Waals surface area contributed by atoms with Crippen molar-refractivity contribution in [1.29, 1.82) is 0 Å². The Bertz CT molecular complexity index is 322. The number of pyridine rings is 1. The molecule has 0 amide bonds. The van der Waals surface area contributed by atoms with Crippen molar-refractivity contribution in [1.82, 2.24) is 4.98 Å². The number of nitrogen functional groups attached to an aromatic ring is 1. The molecule has 76 valence electrons. The molecule has 1 aliphatic heterocycles. The fourth-order valence-electron chi connectivity index (χ4n) is 1.68. The molecule has 0 aromatic carbocycles. The normalized spacial score (nSPS) is 21.1. The summed E-state index contributed by atoms with van der Waals surface area (Å²) in [5, 5.41) is 0. The van der Waals surface area contributed by atoms with Crippen LogP contribution < -0.4 is 10.5 Å². The van der Waals surface area contributed by atoms with Gasteiger partial charge in [0.2, 0.25) is 5.88 Å². The molecule has 2 N–H and O–H groups in total. The van der Waals surface area contributed by atoms with Gasteiger partial charge in [-0.3, -0.25) is 0 Å². The van der Waals surface area contributed by atoms with Gasteiger partial charge >= 0.3 is 0 Å². The second-order valence-electron chi connectivity index (χ2n) is 3.43. The lowest BCUT2D eigenvalue weighted by molar-refractivity contribution is 0.194. The minimum atomic E-state index is 0.440. The Labute approximate surface area is 83.0 Å². The Hall–Kier alpha value is -1.29. The molecule has 0 radical (unpaired) electrons. The molecule has 0 bridgehead atoms. The van der Waals surface area contributed by atoms with E-state index in [1.54, 1.807) is 7.11 Å².